The van der Waals surface area contributed by atoms with Crippen LogP contribution in [0.2, 0.25) is 0 Å². The number of hydrogen-bond acceptors (Lipinski definition) is 5. The highest BCUT2D eigenvalue weighted by molar-refractivity contribution is 8.15. The predicted octanol–water partition coefficient (Wildman–Crippen LogP) is 4.86. The number of nitrogens with one attached hydrogen (secondary N) is 1. The van der Waals surface area contributed by atoms with Gasteiger partial charge < -0.3 is 10.1 Å². The number of thioether (sulfide) groups is 1. The Morgan fingerprint density at radius 3 is 2.26 bits per heavy atom. The number of carbonyl (C=O) groups excluding carboxylic acids is 2. The van der Waals surface area contributed by atoms with Crippen LogP contribution in [-0.2, 0) is 9.59 Å². The Morgan fingerprint density at radius 2 is 1.61 bits per heavy atom. The number of amidine groups is 1. The number of ether oxygens (including phenoxy) is 1. The molecule has 0 unspecified atom stereocenters. The third-order valence-electron chi connectivity index (χ3n) is 4.70. The van der Waals surface area contributed by atoms with E-state index in [1.165, 1.54) is 16.7 Å². The van der Waals surface area contributed by atoms with Crippen LogP contribution in [0.15, 0.2) is 89.9 Å². The SMILES string of the molecule is COc1ccc(N2C(=O)C[C@@H](SC(=Nc3ccccc3)Nc3ccccc3)C2=O)cc1. The molecule has 1 aliphatic rings. The number of anilines is 2. The van der Waals surface area contributed by atoms with Crippen LogP contribution in [0.3, 0.4) is 0 Å². The van der Waals surface area contributed by atoms with Crippen molar-refractivity contribution in [3.8, 4) is 5.75 Å². The van der Waals surface area contributed by atoms with Gasteiger partial charge in [0.05, 0.1) is 18.5 Å². The van der Waals surface area contributed by atoms with E-state index in [1.54, 1.807) is 31.4 Å². The molecule has 156 valence electrons. The molecule has 6 nitrogen and oxygen atoms in total. The van der Waals surface area contributed by atoms with Gasteiger partial charge in [-0.2, -0.15) is 0 Å². The van der Waals surface area contributed by atoms with E-state index < -0.39 is 5.25 Å². The molecule has 1 N–H and O–H groups in total. The van der Waals surface area contributed by atoms with Gasteiger partial charge >= 0.3 is 0 Å². The van der Waals surface area contributed by atoms with Crippen molar-refractivity contribution in [3.63, 3.8) is 0 Å². The second kappa shape index (κ2) is 9.49. The number of nitrogens with zero attached hydrogens (tertiary/aromatic N) is 2. The zero-order valence-corrected chi connectivity index (χ0v) is 17.7. The molecule has 31 heavy (non-hydrogen) atoms. The zero-order valence-electron chi connectivity index (χ0n) is 16.9. The minimum Gasteiger partial charge on any atom is -0.497 e. The van der Waals surface area contributed by atoms with E-state index >= 15 is 0 Å². The Hall–Kier alpha value is -3.58. The molecule has 4 rings (SSSR count). The summed E-state index contributed by atoms with van der Waals surface area (Å²) in [5, 5.41) is 3.27. The topological polar surface area (TPSA) is 71.0 Å². The summed E-state index contributed by atoms with van der Waals surface area (Å²) in [5.74, 6) is 0.181. The number of rotatable bonds is 5. The van der Waals surface area contributed by atoms with Crippen molar-refractivity contribution in [3.05, 3.63) is 84.9 Å². The monoisotopic (exact) mass is 431 g/mol. The molecule has 0 aromatic heterocycles. The van der Waals surface area contributed by atoms with E-state index in [0.29, 0.717) is 16.6 Å². The van der Waals surface area contributed by atoms with Crippen molar-refractivity contribution in [2.45, 2.75) is 11.7 Å². The number of hydrogen-bond donors (Lipinski definition) is 1. The summed E-state index contributed by atoms with van der Waals surface area (Å²) in [5.41, 5.74) is 2.15. The first-order valence-electron chi connectivity index (χ1n) is 9.77. The molecule has 1 saturated heterocycles. The molecule has 7 heteroatoms. The van der Waals surface area contributed by atoms with Crippen LogP contribution in [-0.4, -0.2) is 29.3 Å². The Balaban J connectivity index is 1.56. The molecule has 1 heterocycles. The third-order valence-corrected chi connectivity index (χ3v) is 5.77. The summed E-state index contributed by atoms with van der Waals surface area (Å²) in [6.45, 7) is 0. The molecular formula is C24H21N3O3S. The number of methoxy groups -OCH3 is 1. The molecule has 0 radical (unpaired) electrons. The number of carbonyl (C=O) groups is 2. The summed E-state index contributed by atoms with van der Waals surface area (Å²) in [7, 11) is 1.57. The first kappa shape index (κ1) is 20.7. The Bertz CT molecular complexity index is 1090. The van der Waals surface area contributed by atoms with Crippen LogP contribution < -0.4 is 15.0 Å². The van der Waals surface area contributed by atoms with Crippen molar-refractivity contribution in [2.24, 2.45) is 4.99 Å². The summed E-state index contributed by atoms with van der Waals surface area (Å²) >= 11 is 1.26. The maximum absolute atomic E-state index is 13.1. The molecule has 0 bridgehead atoms. The fourth-order valence-corrected chi connectivity index (χ4v) is 4.22. The normalized spacial score (nSPS) is 16.5. The molecule has 0 aliphatic carbocycles. The van der Waals surface area contributed by atoms with Crippen molar-refractivity contribution in [1.82, 2.24) is 0 Å². The standard InChI is InChI=1S/C24H21N3O3S/c1-30-20-14-12-19(13-15-20)27-22(28)16-21(23(27)29)31-24(25-17-8-4-2-5-9-17)26-18-10-6-3-7-11-18/h2-15,21H,16H2,1H3,(H,25,26)/t21-/m1/s1. The summed E-state index contributed by atoms with van der Waals surface area (Å²) in [4.78, 5) is 31.6. The molecule has 1 atom stereocenters. The lowest BCUT2D eigenvalue weighted by atomic mass is 10.3. The number of para-hydroxylation sites is 2. The maximum Gasteiger partial charge on any atom is 0.247 e. The van der Waals surface area contributed by atoms with Crippen LogP contribution in [0.4, 0.5) is 17.1 Å². The van der Waals surface area contributed by atoms with Crippen LogP contribution >= 0.6 is 11.8 Å². The van der Waals surface area contributed by atoms with E-state index in [0.717, 1.165) is 11.4 Å². The van der Waals surface area contributed by atoms with Gasteiger partial charge in [-0.05, 0) is 48.5 Å². The second-order valence-corrected chi connectivity index (χ2v) is 8.01. The average molecular weight is 432 g/mol. The van der Waals surface area contributed by atoms with Crippen molar-refractivity contribution >= 4 is 45.8 Å². The van der Waals surface area contributed by atoms with Crippen molar-refractivity contribution in [2.75, 3.05) is 17.3 Å². The van der Waals surface area contributed by atoms with Crippen LogP contribution in [0.25, 0.3) is 0 Å². The van der Waals surface area contributed by atoms with E-state index in [4.69, 9.17) is 4.74 Å². The van der Waals surface area contributed by atoms with E-state index in [9.17, 15) is 9.59 Å². The fourth-order valence-electron chi connectivity index (χ4n) is 3.18. The van der Waals surface area contributed by atoms with Gasteiger partial charge in [0.2, 0.25) is 11.8 Å². The Labute approximate surface area is 184 Å². The largest absolute Gasteiger partial charge is 0.497 e. The first-order valence-corrected chi connectivity index (χ1v) is 10.7. The third kappa shape index (κ3) is 4.95. The lowest BCUT2D eigenvalue weighted by Crippen LogP contribution is -2.31. The van der Waals surface area contributed by atoms with Crippen LogP contribution in [0, 0.1) is 0 Å². The van der Waals surface area contributed by atoms with Gasteiger partial charge in [0.25, 0.3) is 0 Å². The zero-order chi connectivity index (χ0) is 21.6. The second-order valence-electron chi connectivity index (χ2n) is 6.82. The van der Waals surface area contributed by atoms with E-state index in [2.05, 4.69) is 10.3 Å². The van der Waals surface area contributed by atoms with Gasteiger partial charge in [0.1, 0.15) is 11.0 Å². The van der Waals surface area contributed by atoms with Gasteiger partial charge in [-0.1, -0.05) is 48.2 Å². The van der Waals surface area contributed by atoms with Crippen LogP contribution in [0.5, 0.6) is 5.75 Å². The lowest BCUT2D eigenvalue weighted by Gasteiger charge is -2.16. The number of benzene rings is 3. The van der Waals surface area contributed by atoms with Gasteiger partial charge in [0.15, 0.2) is 5.17 Å². The number of amides is 2. The van der Waals surface area contributed by atoms with E-state index in [-0.39, 0.29) is 18.2 Å². The maximum atomic E-state index is 13.1. The minimum atomic E-state index is -0.562. The minimum absolute atomic E-state index is 0.111. The highest BCUT2D eigenvalue weighted by Crippen LogP contribution is 2.32. The molecule has 3 aromatic rings. The Kier molecular flexibility index (Phi) is 6.33. The highest BCUT2D eigenvalue weighted by Gasteiger charge is 2.40. The Morgan fingerprint density at radius 1 is 0.968 bits per heavy atom. The molecule has 0 saturated carbocycles. The van der Waals surface area contributed by atoms with Crippen molar-refractivity contribution < 1.29 is 14.3 Å². The summed E-state index contributed by atoms with van der Waals surface area (Å²) in [6, 6.07) is 26.0. The van der Waals surface area contributed by atoms with E-state index in [1.807, 2.05) is 60.7 Å². The van der Waals surface area contributed by atoms with Gasteiger partial charge in [-0.25, -0.2) is 9.89 Å². The van der Waals surface area contributed by atoms with Gasteiger partial charge in [-0.3, -0.25) is 9.59 Å². The molecule has 2 amide bonds. The van der Waals surface area contributed by atoms with Crippen molar-refractivity contribution in [1.29, 1.82) is 0 Å². The average Bonchev–Trinajstić information content (AvgIpc) is 3.08. The summed E-state index contributed by atoms with van der Waals surface area (Å²) in [6.07, 6.45) is 0.111. The molecule has 3 aromatic carbocycles. The summed E-state index contributed by atoms with van der Waals surface area (Å²) < 4.78 is 5.16. The number of imide groups is 1. The fraction of sp³-hybridized carbons (Fsp3) is 0.125. The molecular weight excluding hydrogens is 410 g/mol. The van der Waals surface area contributed by atoms with Crippen LogP contribution in [0.1, 0.15) is 6.42 Å². The number of aliphatic imine (C=N–C) groups is 1. The molecule has 1 fully saturated rings. The predicted molar refractivity (Wildman–Crippen MR) is 125 cm³/mol. The lowest BCUT2D eigenvalue weighted by molar-refractivity contribution is -0.121. The molecule has 0 spiro atoms. The van der Waals surface area contributed by atoms with Gasteiger partial charge in [0, 0.05) is 12.1 Å². The van der Waals surface area contributed by atoms with Gasteiger partial charge in [-0.15, -0.1) is 0 Å². The quantitative estimate of drug-likeness (QED) is 0.355. The smallest absolute Gasteiger partial charge is 0.247 e. The highest BCUT2D eigenvalue weighted by atomic mass is 32.2. The molecule has 1 aliphatic heterocycles. The first-order chi connectivity index (χ1) is 15.1.